The van der Waals surface area contributed by atoms with E-state index >= 15 is 0 Å². The van der Waals surface area contributed by atoms with Gasteiger partial charge in [0, 0.05) is 0 Å². The molecule has 0 saturated heterocycles. The summed E-state index contributed by atoms with van der Waals surface area (Å²) < 4.78 is 85.5. The molecule has 104 valence electrons. The van der Waals surface area contributed by atoms with Crippen molar-refractivity contribution in [3.8, 4) is 0 Å². The van der Waals surface area contributed by atoms with E-state index in [1.807, 2.05) is 0 Å². The Bertz CT molecular complexity index is 240. The van der Waals surface area contributed by atoms with E-state index in [9.17, 15) is 30.7 Å². The summed E-state index contributed by atoms with van der Waals surface area (Å²) in [4.78, 5) is 0. The van der Waals surface area contributed by atoms with Crippen molar-refractivity contribution in [3.05, 3.63) is 0 Å². The van der Waals surface area contributed by atoms with Crippen molar-refractivity contribution in [2.75, 3.05) is 0 Å². The van der Waals surface area contributed by atoms with Crippen LogP contribution in [0.5, 0.6) is 0 Å². The Hall–Kier alpha value is 0.307. The maximum absolute atomic E-state index is 13.1. The highest BCUT2D eigenvalue weighted by molar-refractivity contribution is 7.44. The Kier molecular flexibility index (Phi) is 5.22. The first-order valence-corrected chi connectivity index (χ1v) is 9.14. The third-order valence-corrected chi connectivity index (χ3v) is 4.40. The molecule has 0 N–H and O–H groups in total. The lowest BCUT2D eigenvalue weighted by molar-refractivity contribution is -0.343. The fourth-order valence-electron chi connectivity index (χ4n) is 1.09. The van der Waals surface area contributed by atoms with Crippen LogP contribution in [-0.2, 0) is 0 Å². The first-order valence-electron chi connectivity index (χ1n) is 4.41. The second kappa shape index (κ2) is 5.12. The van der Waals surface area contributed by atoms with Crippen LogP contribution in [0.4, 0.5) is 30.7 Å². The predicted molar refractivity (Wildman–Crippen MR) is 53.3 cm³/mol. The lowest BCUT2D eigenvalue weighted by Gasteiger charge is -2.30. The summed E-state index contributed by atoms with van der Waals surface area (Å²) in [7, 11) is 0. The lowest BCUT2D eigenvalue weighted by atomic mass is 9.99. The van der Waals surface area contributed by atoms with E-state index in [4.69, 9.17) is 22.2 Å². The summed E-state index contributed by atoms with van der Waals surface area (Å²) in [5, 5.41) is 0. The van der Waals surface area contributed by atoms with Crippen LogP contribution in [0.3, 0.4) is 0 Å². The Labute approximate surface area is 103 Å². The monoisotopic (exact) mass is 324 g/mol. The van der Waals surface area contributed by atoms with E-state index < -0.39 is 37.6 Å². The molecule has 0 heterocycles. The highest BCUT2D eigenvalue weighted by Gasteiger charge is 2.71. The molecule has 0 saturated carbocycles. The SMILES string of the molecule is C[Si](Cl)(Cl)CCCC(F)(C(F)(F)F)C(F)(F)F. The van der Waals surface area contributed by atoms with Crippen LogP contribution >= 0.6 is 22.2 Å². The zero-order chi connectivity index (χ0) is 14.1. The van der Waals surface area contributed by atoms with Gasteiger partial charge in [0.25, 0.3) is 5.67 Å². The molecule has 0 aliphatic rings. The Morgan fingerprint density at radius 2 is 1.24 bits per heavy atom. The van der Waals surface area contributed by atoms with Crippen LogP contribution in [0.1, 0.15) is 12.8 Å². The fourth-order valence-corrected chi connectivity index (χ4v) is 2.69. The summed E-state index contributed by atoms with van der Waals surface area (Å²) in [5.74, 6) is 0. The molecule has 0 unspecified atom stereocenters. The molecule has 0 aromatic rings. The summed E-state index contributed by atoms with van der Waals surface area (Å²) in [6.45, 7) is -1.50. The maximum Gasteiger partial charge on any atom is 0.431 e. The van der Waals surface area contributed by atoms with Crippen molar-refractivity contribution < 1.29 is 30.7 Å². The molecule has 0 spiro atoms. The zero-order valence-electron chi connectivity index (χ0n) is 8.52. The van der Waals surface area contributed by atoms with E-state index in [0.29, 0.717) is 0 Å². The lowest BCUT2D eigenvalue weighted by Crippen LogP contribution is -2.53. The minimum atomic E-state index is -6.00. The first kappa shape index (κ1) is 17.3. The average Bonchev–Trinajstić information content (AvgIpc) is 1.96. The highest BCUT2D eigenvalue weighted by atomic mass is 35.7. The van der Waals surface area contributed by atoms with Crippen LogP contribution in [-0.4, -0.2) is 24.7 Å². The summed E-state index contributed by atoms with van der Waals surface area (Å²) >= 11 is 11.0. The summed E-state index contributed by atoms with van der Waals surface area (Å²) in [6, 6.07) is -0.242. The largest absolute Gasteiger partial charge is 0.431 e. The van der Waals surface area contributed by atoms with Crippen molar-refractivity contribution in [1.29, 1.82) is 0 Å². The topological polar surface area (TPSA) is 0 Å². The Morgan fingerprint density at radius 1 is 0.882 bits per heavy atom. The normalized spacial score (nSPS) is 15.2. The van der Waals surface area contributed by atoms with Gasteiger partial charge in [0.15, 0.2) is 0 Å². The Morgan fingerprint density at radius 3 is 1.47 bits per heavy atom. The molecule has 0 aromatic carbocycles. The molecule has 0 rings (SSSR count). The van der Waals surface area contributed by atoms with Crippen LogP contribution in [0.2, 0.25) is 12.6 Å². The molecule has 0 amide bonds. The molecule has 0 nitrogen and oxygen atoms in total. The second-order valence-electron chi connectivity index (χ2n) is 3.72. The summed E-state index contributed by atoms with van der Waals surface area (Å²) in [5.41, 5.74) is -5.20. The van der Waals surface area contributed by atoms with E-state index in [0.717, 1.165) is 0 Å². The van der Waals surface area contributed by atoms with Crippen molar-refractivity contribution in [2.24, 2.45) is 0 Å². The second-order valence-corrected chi connectivity index (χ2v) is 11.9. The van der Waals surface area contributed by atoms with E-state index in [1.54, 1.807) is 0 Å². The molecule has 0 fully saturated rings. The Balaban J connectivity index is 4.77. The van der Waals surface area contributed by atoms with E-state index in [1.165, 1.54) is 6.55 Å². The van der Waals surface area contributed by atoms with Gasteiger partial charge in [-0.05, 0) is 25.4 Å². The van der Waals surface area contributed by atoms with Crippen molar-refractivity contribution in [3.63, 3.8) is 0 Å². The molecular weight excluding hydrogens is 316 g/mol. The van der Waals surface area contributed by atoms with E-state index in [2.05, 4.69) is 0 Å². The molecule has 0 radical (unpaired) electrons. The standard InChI is InChI=1S/C7H9Cl2F7Si/c1-17(8,9)4-2-3-5(10,6(11,12)13)7(14,15)16/h2-4H2,1H3. The molecule has 0 aromatic heterocycles. The quantitative estimate of drug-likeness (QED) is 0.381. The highest BCUT2D eigenvalue weighted by Crippen LogP contribution is 2.49. The van der Waals surface area contributed by atoms with Gasteiger partial charge in [0.2, 0.25) is 6.69 Å². The number of hydrogen-bond donors (Lipinski definition) is 0. The number of rotatable bonds is 4. The van der Waals surface area contributed by atoms with Gasteiger partial charge in [0.05, 0.1) is 0 Å². The van der Waals surface area contributed by atoms with Gasteiger partial charge in [-0.2, -0.15) is 26.3 Å². The first-order chi connectivity index (χ1) is 7.21. The number of halogens is 9. The molecule has 0 bridgehead atoms. The van der Waals surface area contributed by atoms with Gasteiger partial charge in [-0.3, -0.25) is 0 Å². The van der Waals surface area contributed by atoms with Gasteiger partial charge in [-0.1, -0.05) is 0 Å². The average molecular weight is 325 g/mol. The van der Waals surface area contributed by atoms with Crippen molar-refractivity contribution >= 4 is 28.9 Å². The van der Waals surface area contributed by atoms with Crippen LogP contribution < -0.4 is 0 Å². The molecular formula is C7H9Cl2F7Si. The molecule has 0 aliphatic heterocycles. The smallest absolute Gasteiger partial charge is 0.224 e. The zero-order valence-corrected chi connectivity index (χ0v) is 11.0. The molecule has 17 heavy (non-hydrogen) atoms. The third-order valence-electron chi connectivity index (χ3n) is 2.04. The fraction of sp³-hybridized carbons (Fsp3) is 1.00. The third kappa shape index (κ3) is 4.82. The van der Waals surface area contributed by atoms with E-state index in [-0.39, 0.29) is 6.04 Å². The number of alkyl halides is 7. The molecule has 10 heteroatoms. The van der Waals surface area contributed by atoms with Gasteiger partial charge >= 0.3 is 12.4 Å². The molecule has 0 aliphatic carbocycles. The number of hydrogen-bond acceptors (Lipinski definition) is 0. The summed E-state index contributed by atoms with van der Waals surface area (Å²) in [6.07, 6.45) is -14.4. The van der Waals surface area contributed by atoms with Crippen LogP contribution in [0.15, 0.2) is 0 Å². The minimum absolute atomic E-state index is 0.242. The minimum Gasteiger partial charge on any atom is -0.224 e. The predicted octanol–water partition coefficient (Wildman–Crippen LogP) is 5.15. The van der Waals surface area contributed by atoms with Crippen LogP contribution in [0.25, 0.3) is 0 Å². The van der Waals surface area contributed by atoms with Crippen LogP contribution in [0, 0.1) is 0 Å². The maximum atomic E-state index is 13.1. The van der Waals surface area contributed by atoms with Gasteiger partial charge in [-0.15, -0.1) is 22.2 Å². The van der Waals surface area contributed by atoms with Gasteiger partial charge in [-0.25, -0.2) is 4.39 Å². The van der Waals surface area contributed by atoms with Gasteiger partial charge in [0.1, 0.15) is 0 Å². The van der Waals surface area contributed by atoms with Crippen molar-refractivity contribution in [2.45, 2.75) is 43.5 Å². The van der Waals surface area contributed by atoms with Gasteiger partial charge < -0.3 is 0 Å². The molecule has 0 atom stereocenters. The van der Waals surface area contributed by atoms with Crippen molar-refractivity contribution in [1.82, 2.24) is 0 Å².